The van der Waals surface area contributed by atoms with E-state index in [2.05, 4.69) is 40.1 Å². The van der Waals surface area contributed by atoms with Gasteiger partial charge in [0.05, 0.1) is 0 Å². The van der Waals surface area contributed by atoms with Crippen LogP contribution in [0.1, 0.15) is 69.8 Å². The fourth-order valence-corrected chi connectivity index (χ4v) is 5.71. The number of carbonyl (C=O) groups is 2. The molecule has 190 valence electrons. The Morgan fingerprint density at radius 3 is 2.32 bits per heavy atom. The first-order valence-corrected chi connectivity index (χ1v) is 12.6. The summed E-state index contributed by atoms with van der Waals surface area (Å²) >= 11 is 0. The maximum absolute atomic E-state index is 12.7. The fourth-order valence-electron chi connectivity index (χ4n) is 5.71. The summed E-state index contributed by atoms with van der Waals surface area (Å²) < 4.78 is 31.7. The van der Waals surface area contributed by atoms with E-state index in [4.69, 9.17) is 9.90 Å². The van der Waals surface area contributed by atoms with Gasteiger partial charge in [-0.05, 0) is 63.0 Å². The van der Waals surface area contributed by atoms with Gasteiger partial charge in [-0.15, -0.1) is 0 Å². The van der Waals surface area contributed by atoms with E-state index in [1.807, 2.05) is 0 Å². The van der Waals surface area contributed by atoms with Crippen LogP contribution in [-0.4, -0.2) is 64.7 Å². The van der Waals surface area contributed by atoms with Gasteiger partial charge in [-0.25, -0.2) is 4.79 Å². The molecule has 1 atom stereocenters. The van der Waals surface area contributed by atoms with Gasteiger partial charge >= 0.3 is 12.1 Å². The Morgan fingerprint density at radius 2 is 1.68 bits per heavy atom. The highest BCUT2D eigenvalue weighted by Crippen LogP contribution is 2.40. The number of likely N-dealkylation sites (tertiary alicyclic amines) is 2. The summed E-state index contributed by atoms with van der Waals surface area (Å²) in [5.41, 5.74) is 1.61. The van der Waals surface area contributed by atoms with Gasteiger partial charge in [-0.1, -0.05) is 49.6 Å². The first-order valence-electron chi connectivity index (χ1n) is 12.6. The predicted octanol–water partition coefficient (Wildman–Crippen LogP) is 5.29. The number of hydrogen-bond acceptors (Lipinski definition) is 3. The molecule has 3 aliphatic rings. The van der Waals surface area contributed by atoms with E-state index < -0.39 is 12.1 Å². The molecule has 1 aromatic rings. The molecule has 1 N–H and O–H groups in total. The molecular formula is C26H37F3N2O3. The zero-order valence-corrected chi connectivity index (χ0v) is 19.9. The van der Waals surface area contributed by atoms with Crippen LogP contribution in [0.3, 0.4) is 0 Å². The van der Waals surface area contributed by atoms with E-state index in [1.54, 1.807) is 0 Å². The molecule has 0 bridgehead atoms. The normalized spacial score (nSPS) is 24.6. The maximum Gasteiger partial charge on any atom is 0.490 e. The summed E-state index contributed by atoms with van der Waals surface area (Å²) in [5, 5.41) is 7.12. The number of nitrogens with zero attached hydrogens (tertiary/aromatic N) is 2. The third-order valence-electron chi connectivity index (χ3n) is 7.66. The van der Waals surface area contributed by atoms with Crippen LogP contribution in [-0.2, 0) is 16.0 Å². The SMILES string of the molecule is O=C(O)C(F)(F)F.O=C1CCC2(CCCN(CCc3ccccc3)CC2)N1CC1CCCCC1. The number of rotatable bonds is 5. The molecule has 0 radical (unpaired) electrons. The lowest BCUT2D eigenvalue weighted by Crippen LogP contribution is -2.48. The second-order valence-electron chi connectivity index (χ2n) is 9.97. The monoisotopic (exact) mass is 482 g/mol. The molecular weight excluding hydrogens is 445 g/mol. The van der Waals surface area contributed by atoms with Crippen LogP contribution in [0.4, 0.5) is 13.2 Å². The molecule has 2 aliphatic heterocycles. The van der Waals surface area contributed by atoms with Crippen molar-refractivity contribution < 1.29 is 27.9 Å². The second-order valence-corrected chi connectivity index (χ2v) is 9.97. The molecule has 1 unspecified atom stereocenters. The number of carboxylic acids is 1. The Hall–Kier alpha value is -2.09. The van der Waals surface area contributed by atoms with Crippen molar-refractivity contribution in [3.05, 3.63) is 35.9 Å². The molecule has 1 amide bonds. The third-order valence-corrected chi connectivity index (χ3v) is 7.66. The minimum Gasteiger partial charge on any atom is -0.475 e. The summed E-state index contributed by atoms with van der Waals surface area (Å²) in [5.74, 6) is -1.55. The van der Waals surface area contributed by atoms with Crippen molar-refractivity contribution in [2.24, 2.45) is 5.92 Å². The standard InChI is InChI=1S/C24H36N2O.C2HF3O2/c27-23-12-15-24(26(23)20-22-10-5-2-6-11-22)14-7-17-25(19-16-24)18-13-21-8-3-1-4-9-21;3-2(4,5)1(6)7/h1,3-4,8-9,22H,2,5-7,10-20H2;(H,6,7). The van der Waals surface area contributed by atoms with Crippen LogP contribution >= 0.6 is 0 Å². The molecule has 8 heteroatoms. The number of carbonyl (C=O) groups excluding carboxylic acids is 1. The van der Waals surface area contributed by atoms with Crippen LogP contribution in [0.15, 0.2) is 30.3 Å². The van der Waals surface area contributed by atoms with E-state index in [0.717, 1.165) is 44.8 Å². The minimum atomic E-state index is -5.08. The summed E-state index contributed by atoms with van der Waals surface area (Å²) in [6, 6.07) is 10.8. The Balaban J connectivity index is 0.000000406. The van der Waals surface area contributed by atoms with Gasteiger partial charge in [0, 0.05) is 31.6 Å². The summed E-state index contributed by atoms with van der Waals surface area (Å²) in [6.07, 6.45) is 8.38. The van der Waals surface area contributed by atoms with Gasteiger partial charge in [0.1, 0.15) is 0 Å². The highest BCUT2D eigenvalue weighted by Gasteiger charge is 2.46. The Morgan fingerprint density at radius 1 is 1.00 bits per heavy atom. The smallest absolute Gasteiger partial charge is 0.475 e. The van der Waals surface area contributed by atoms with Gasteiger partial charge in [-0.2, -0.15) is 13.2 Å². The van der Waals surface area contributed by atoms with Crippen LogP contribution < -0.4 is 0 Å². The maximum atomic E-state index is 12.7. The lowest BCUT2D eigenvalue weighted by atomic mass is 9.84. The zero-order chi connectivity index (χ0) is 24.6. The van der Waals surface area contributed by atoms with E-state index in [0.29, 0.717) is 5.91 Å². The predicted molar refractivity (Wildman–Crippen MR) is 124 cm³/mol. The topological polar surface area (TPSA) is 60.9 Å². The fraction of sp³-hybridized carbons (Fsp3) is 0.692. The first-order chi connectivity index (χ1) is 16.2. The number of hydrogen-bond donors (Lipinski definition) is 1. The molecule has 1 spiro atoms. The highest BCUT2D eigenvalue weighted by atomic mass is 19.4. The van der Waals surface area contributed by atoms with Gasteiger partial charge in [0.2, 0.25) is 5.91 Å². The van der Waals surface area contributed by atoms with E-state index in [9.17, 15) is 18.0 Å². The molecule has 5 nitrogen and oxygen atoms in total. The summed E-state index contributed by atoms with van der Waals surface area (Å²) in [7, 11) is 0. The molecule has 1 saturated carbocycles. The Bertz CT molecular complexity index is 796. The van der Waals surface area contributed by atoms with E-state index in [-0.39, 0.29) is 5.54 Å². The van der Waals surface area contributed by atoms with Gasteiger partial charge in [0.15, 0.2) is 0 Å². The van der Waals surface area contributed by atoms with Crippen molar-refractivity contribution in [2.45, 2.75) is 82.3 Å². The van der Waals surface area contributed by atoms with Crippen LogP contribution in [0.2, 0.25) is 0 Å². The number of amides is 1. The lowest BCUT2D eigenvalue weighted by molar-refractivity contribution is -0.192. The molecule has 1 aromatic carbocycles. The molecule has 2 heterocycles. The summed E-state index contributed by atoms with van der Waals surface area (Å²) in [6.45, 7) is 4.54. The quantitative estimate of drug-likeness (QED) is 0.620. The highest BCUT2D eigenvalue weighted by molar-refractivity contribution is 5.79. The Labute approximate surface area is 200 Å². The van der Waals surface area contributed by atoms with Crippen molar-refractivity contribution in [1.29, 1.82) is 0 Å². The van der Waals surface area contributed by atoms with Gasteiger partial charge in [0.25, 0.3) is 0 Å². The van der Waals surface area contributed by atoms with E-state index in [1.165, 1.54) is 63.5 Å². The number of alkyl halides is 3. The van der Waals surface area contributed by atoms with Crippen molar-refractivity contribution in [3.63, 3.8) is 0 Å². The first kappa shape index (κ1) is 26.5. The molecule has 1 aliphatic carbocycles. The van der Waals surface area contributed by atoms with Gasteiger partial charge in [-0.3, -0.25) is 4.79 Å². The van der Waals surface area contributed by atoms with Crippen LogP contribution in [0.5, 0.6) is 0 Å². The largest absolute Gasteiger partial charge is 0.490 e. The van der Waals surface area contributed by atoms with Crippen LogP contribution in [0.25, 0.3) is 0 Å². The molecule has 0 aromatic heterocycles. The number of carboxylic acid groups (broad SMARTS) is 1. The average molecular weight is 483 g/mol. The molecule has 34 heavy (non-hydrogen) atoms. The number of halogens is 3. The number of aliphatic carboxylic acids is 1. The van der Waals surface area contributed by atoms with Crippen LogP contribution in [0, 0.1) is 5.92 Å². The molecule has 3 fully saturated rings. The van der Waals surface area contributed by atoms with E-state index >= 15 is 0 Å². The Kier molecular flexibility index (Phi) is 9.39. The summed E-state index contributed by atoms with van der Waals surface area (Å²) in [4.78, 5) is 26.6. The third kappa shape index (κ3) is 7.45. The molecule has 4 rings (SSSR count). The zero-order valence-electron chi connectivity index (χ0n) is 19.9. The number of benzene rings is 1. The lowest BCUT2D eigenvalue weighted by Gasteiger charge is -2.41. The molecule has 2 saturated heterocycles. The van der Waals surface area contributed by atoms with Crippen molar-refractivity contribution >= 4 is 11.9 Å². The second kappa shape index (κ2) is 12.0. The van der Waals surface area contributed by atoms with Crippen molar-refractivity contribution in [3.8, 4) is 0 Å². The van der Waals surface area contributed by atoms with Crippen molar-refractivity contribution in [2.75, 3.05) is 26.2 Å². The minimum absolute atomic E-state index is 0.177. The average Bonchev–Trinajstić information content (AvgIpc) is 2.98. The van der Waals surface area contributed by atoms with Gasteiger partial charge < -0.3 is 14.9 Å². The van der Waals surface area contributed by atoms with Crippen molar-refractivity contribution in [1.82, 2.24) is 9.80 Å².